The van der Waals surface area contributed by atoms with Crippen LogP contribution in [0.1, 0.15) is 17.3 Å². The van der Waals surface area contributed by atoms with E-state index in [0.717, 1.165) is 4.31 Å². The molecule has 0 aliphatic carbocycles. The van der Waals surface area contributed by atoms with Crippen molar-refractivity contribution < 1.29 is 27.5 Å². The Hall–Kier alpha value is -3.08. The average molecular weight is 582 g/mol. The minimum Gasteiger partial charge on any atom is -0.494 e. The molecule has 35 heavy (non-hydrogen) atoms. The summed E-state index contributed by atoms with van der Waals surface area (Å²) in [5.41, 5.74) is 0.600. The Kier molecular flexibility index (Phi) is 8.76. The third-order valence-corrected chi connectivity index (χ3v) is 7.43. The Bertz CT molecular complexity index is 1310. The number of esters is 1. The molecule has 0 fully saturated rings. The minimum absolute atomic E-state index is 0.0156. The number of hydrogen-bond donors (Lipinski definition) is 1. The van der Waals surface area contributed by atoms with Gasteiger partial charge in [-0.15, -0.1) is 0 Å². The van der Waals surface area contributed by atoms with Crippen LogP contribution in [0.5, 0.6) is 5.75 Å². The predicted octanol–water partition coefficient (Wildman–Crippen LogP) is 5.12. The molecule has 0 aliphatic heterocycles. The van der Waals surface area contributed by atoms with E-state index in [2.05, 4.69) is 21.2 Å². The fourth-order valence-electron chi connectivity index (χ4n) is 3.12. The number of anilines is 2. The second-order valence-corrected chi connectivity index (χ2v) is 10.3. The van der Waals surface area contributed by atoms with E-state index in [1.807, 2.05) is 6.92 Å². The standard InChI is InChI=1S/C24H22BrClN2O6S/c1-3-34-19-9-7-18(8-10-19)28(35(31,32)20-11-4-16(25)5-12-20)15-23(29)27-17-6-13-22(26)21(14-17)24(30)33-2/h4-14H,3,15H2,1-2H3,(H,27,29). The van der Waals surface area contributed by atoms with Crippen molar-refractivity contribution in [3.05, 3.63) is 81.8 Å². The number of methoxy groups -OCH3 is 1. The second-order valence-electron chi connectivity index (χ2n) is 7.13. The maximum absolute atomic E-state index is 13.5. The third-order valence-electron chi connectivity index (χ3n) is 4.78. The van der Waals surface area contributed by atoms with E-state index in [9.17, 15) is 18.0 Å². The Morgan fingerprint density at radius 1 is 1.03 bits per heavy atom. The van der Waals surface area contributed by atoms with E-state index < -0.39 is 28.4 Å². The largest absolute Gasteiger partial charge is 0.494 e. The Balaban J connectivity index is 1.93. The summed E-state index contributed by atoms with van der Waals surface area (Å²) in [5.74, 6) is -0.726. The van der Waals surface area contributed by atoms with Crippen molar-refractivity contribution in [3.63, 3.8) is 0 Å². The topological polar surface area (TPSA) is 102 Å². The van der Waals surface area contributed by atoms with Crippen LogP contribution in [-0.4, -0.2) is 40.6 Å². The summed E-state index contributed by atoms with van der Waals surface area (Å²) in [6.07, 6.45) is 0. The van der Waals surface area contributed by atoms with Crippen molar-refractivity contribution in [1.29, 1.82) is 0 Å². The first-order valence-corrected chi connectivity index (χ1v) is 13.0. The summed E-state index contributed by atoms with van der Waals surface area (Å²) < 4.78 is 38.8. The molecule has 0 heterocycles. The molecular formula is C24H22BrClN2O6S. The summed E-state index contributed by atoms with van der Waals surface area (Å²) >= 11 is 9.32. The fourth-order valence-corrected chi connectivity index (χ4v) is 5.00. The molecule has 0 unspecified atom stereocenters. The molecule has 0 radical (unpaired) electrons. The number of halogens is 2. The monoisotopic (exact) mass is 580 g/mol. The van der Waals surface area contributed by atoms with Crippen LogP contribution >= 0.6 is 27.5 Å². The molecule has 3 rings (SSSR count). The van der Waals surface area contributed by atoms with Gasteiger partial charge in [0.25, 0.3) is 10.0 Å². The Morgan fingerprint density at radius 3 is 2.29 bits per heavy atom. The van der Waals surface area contributed by atoms with Crippen LogP contribution in [0.15, 0.2) is 76.1 Å². The number of carbonyl (C=O) groups is 2. The molecule has 11 heteroatoms. The highest BCUT2D eigenvalue weighted by Crippen LogP contribution is 2.27. The van der Waals surface area contributed by atoms with Gasteiger partial charge in [-0.25, -0.2) is 13.2 Å². The van der Waals surface area contributed by atoms with Gasteiger partial charge in [0.2, 0.25) is 5.91 Å². The molecule has 0 spiro atoms. The summed E-state index contributed by atoms with van der Waals surface area (Å²) in [6, 6.07) is 16.8. The number of sulfonamides is 1. The zero-order chi connectivity index (χ0) is 25.6. The number of nitrogens with one attached hydrogen (secondary N) is 1. The highest BCUT2D eigenvalue weighted by Gasteiger charge is 2.27. The zero-order valence-electron chi connectivity index (χ0n) is 18.8. The van der Waals surface area contributed by atoms with Crippen LogP contribution in [0.2, 0.25) is 5.02 Å². The second kappa shape index (κ2) is 11.6. The van der Waals surface area contributed by atoms with Gasteiger partial charge in [-0.05, 0) is 73.7 Å². The molecule has 0 aliphatic rings. The third kappa shape index (κ3) is 6.53. The number of hydrogen-bond acceptors (Lipinski definition) is 6. The van der Waals surface area contributed by atoms with E-state index in [1.165, 1.54) is 37.4 Å². The minimum atomic E-state index is -4.10. The van der Waals surface area contributed by atoms with Gasteiger partial charge in [0.05, 0.1) is 34.9 Å². The molecular weight excluding hydrogens is 560 g/mol. The molecule has 0 aromatic heterocycles. The van der Waals surface area contributed by atoms with Gasteiger partial charge in [-0.2, -0.15) is 0 Å². The summed E-state index contributed by atoms with van der Waals surface area (Å²) in [6.45, 7) is 1.77. The first kappa shape index (κ1) is 26.5. The molecule has 1 amide bonds. The summed E-state index contributed by atoms with van der Waals surface area (Å²) in [7, 11) is -2.89. The predicted molar refractivity (Wildman–Crippen MR) is 138 cm³/mol. The molecule has 8 nitrogen and oxygen atoms in total. The molecule has 3 aromatic rings. The number of amides is 1. The van der Waals surface area contributed by atoms with E-state index >= 15 is 0 Å². The average Bonchev–Trinajstić information content (AvgIpc) is 2.84. The van der Waals surface area contributed by atoms with Crippen molar-refractivity contribution in [1.82, 2.24) is 0 Å². The molecule has 184 valence electrons. The number of ether oxygens (including phenoxy) is 2. The number of nitrogens with zero attached hydrogens (tertiary/aromatic N) is 1. The van der Waals surface area contributed by atoms with E-state index in [4.69, 9.17) is 21.1 Å². The lowest BCUT2D eigenvalue weighted by molar-refractivity contribution is -0.114. The zero-order valence-corrected chi connectivity index (χ0v) is 22.0. The van der Waals surface area contributed by atoms with Crippen LogP contribution in [0.3, 0.4) is 0 Å². The van der Waals surface area contributed by atoms with Gasteiger partial charge in [0.15, 0.2) is 0 Å². The SMILES string of the molecule is CCOc1ccc(N(CC(=O)Nc2ccc(Cl)c(C(=O)OC)c2)S(=O)(=O)c2ccc(Br)cc2)cc1. The van der Waals surface area contributed by atoms with Crippen molar-refractivity contribution in [2.45, 2.75) is 11.8 Å². The number of benzene rings is 3. The lowest BCUT2D eigenvalue weighted by Gasteiger charge is -2.24. The van der Waals surface area contributed by atoms with Crippen LogP contribution in [0, 0.1) is 0 Å². The fraction of sp³-hybridized carbons (Fsp3) is 0.167. The van der Waals surface area contributed by atoms with Crippen molar-refractivity contribution in [2.24, 2.45) is 0 Å². The molecule has 0 saturated heterocycles. The van der Waals surface area contributed by atoms with Gasteiger partial charge >= 0.3 is 5.97 Å². The van der Waals surface area contributed by atoms with E-state index in [0.29, 0.717) is 16.8 Å². The maximum Gasteiger partial charge on any atom is 0.339 e. The van der Waals surface area contributed by atoms with Gasteiger partial charge in [0.1, 0.15) is 12.3 Å². The lowest BCUT2D eigenvalue weighted by Crippen LogP contribution is -2.38. The Morgan fingerprint density at radius 2 is 1.69 bits per heavy atom. The van der Waals surface area contributed by atoms with Crippen molar-refractivity contribution >= 4 is 60.8 Å². The summed E-state index contributed by atoms with van der Waals surface area (Å²) in [5, 5.41) is 2.77. The van der Waals surface area contributed by atoms with E-state index in [1.54, 1.807) is 36.4 Å². The van der Waals surface area contributed by atoms with Gasteiger partial charge < -0.3 is 14.8 Å². The van der Waals surface area contributed by atoms with Crippen molar-refractivity contribution in [3.8, 4) is 5.75 Å². The number of rotatable bonds is 9. The van der Waals surface area contributed by atoms with Gasteiger partial charge in [-0.3, -0.25) is 9.10 Å². The van der Waals surface area contributed by atoms with Crippen LogP contribution in [-0.2, 0) is 19.6 Å². The smallest absolute Gasteiger partial charge is 0.339 e. The first-order chi connectivity index (χ1) is 16.6. The number of carbonyl (C=O) groups excluding carboxylic acids is 2. The lowest BCUT2D eigenvalue weighted by atomic mass is 10.2. The Labute approximate surface area is 217 Å². The van der Waals surface area contributed by atoms with Crippen LogP contribution in [0.4, 0.5) is 11.4 Å². The maximum atomic E-state index is 13.5. The van der Waals surface area contributed by atoms with Gasteiger partial charge in [-0.1, -0.05) is 27.5 Å². The highest BCUT2D eigenvalue weighted by molar-refractivity contribution is 9.10. The summed E-state index contributed by atoms with van der Waals surface area (Å²) in [4.78, 5) is 24.9. The quantitative estimate of drug-likeness (QED) is 0.352. The van der Waals surface area contributed by atoms with E-state index in [-0.39, 0.29) is 26.9 Å². The van der Waals surface area contributed by atoms with Crippen LogP contribution in [0.25, 0.3) is 0 Å². The van der Waals surface area contributed by atoms with Gasteiger partial charge in [0, 0.05) is 10.2 Å². The van der Waals surface area contributed by atoms with Crippen LogP contribution < -0.4 is 14.4 Å². The van der Waals surface area contributed by atoms with Crippen molar-refractivity contribution in [2.75, 3.05) is 29.9 Å². The first-order valence-electron chi connectivity index (χ1n) is 10.3. The molecule has 0 atom stereocenters. The highest BCUT2D eigenvalue weighted by atomic mass is 79.9. The molecule has 0 bridgehead atoms. The molecule has 0 saturated carbocycles. The molecule has 3 aromatic carbocycles. The normalized spacial score (nSPS) is 11.0. The molecule has 1 N–H and O–H groups in total.